The fraction of sp³-hybridized carbons (Fsp3) is 0.200. The zero-order valence-corrected chi connectivity index (χ0v) is 11.1. The van der Waals surface area contributed by atoms with Crippen LogP contribution in [0.4, 0.5) is 10.8 Å². The number of thiophene rings is 1. The molecule has 0 aliphatic carbocycles. The molecule has 16 heavy (non-hydrogen) atoms. The maximum absolute atomic E-state index is 4.37. The Morgan fingerprint density at radius 1 is 1.38 bits per heavy atom. The lowest BCUT2D eigenvalue weighted by Crippen LogP contribution is -2.09. The molecule has 2 N–H and O–H groups in total. The van der Waals surface area contributed by atoms with Crippen LogP contribution in [0.5, 0.6) is 0 Å². The summed E-state index contributed by atoms with van der Waals surface area (Å²) in [4.78, 5) is 8.53. The Labute approximate surface area is 106 Å². The summed E-state index contributed by atoms with van der Waals surface area (Å²) in [5.74, 6) is 1.60. The van der Waals surface area contributed by atoms with Gasteiger partial charge in [-0.25, -0.2) is 9.97 Å². The van der Waals surface area contributed by atoms with Gasteiger partial charge in [-0.05, 0) is 41.2 Å². The van der Waals surface area contributed by atoms with E-state index in [1.165, 1.54) is 0 Å². The minimum atomic E-state index is 0.670. The Morgan fingerprint density at radius 3 is 2.94 bits per heavy atom. The quantitative estimate of drug-likeness (QED) is 0.911. The summed E-state index contributed by atoms with van der Waals surface area (Å²) in [5, 5.41) is 7.31. The van der Waals surface area contributed by atoms with Crippen LogP contribution in [-0.2, 0) is 6.54 Å². The average Bonchev–Trinajstić information content (AvgIpc) is 2.65. The van der Waals surface area contributed by atoms with Crippen molar-refractivity contribution in [1.29, 1.82) is 0 Å². The molecule has 2 rings (SSSR count). The molecular weight excluding hydrogens is 288 g/mol. The van der Waals surface area contributed by atoms with Crippen LogP contribution in [0.1, 0.15) is 5.82 Å². The van der Waals surface area contributed by atoms with E-state index in [4.69, 9.17) is 0 Å². The molecule has 2 aromatic rings. The summed E-state index contributed by atoms with van der Waals surface area (Å²) in [6.07, 6.45) is 1.75. The third-order valence-corrected chi connectivity index (χ3v) is 3.40. The Morgan fingerprint density at radius 2 is 2.25 bits per heavy atom. The summed E-state index contributed by atoms with van der Waals surface area (Å²) < 4.78 is 1.10. The summed E-state index contributed by atoms with van der Waals surface area (Å²) in [6, 6.07) is 5.87. The Hall–Kier alpha value is -0.980. The molecule has 4 nitrogen and oxygen atoms in total. The van der Waals surface area contributed by atoms with Crippen LogP contribution < -0.4 is 10.6 Å². The Balaban J connectivity index is 2.12. The third kappa shape index (κ3) is 3.01. The zero-order valence-electron chi connectivity index (χ0n) is 8.70. The highest BCUT2D eigenvalue weighted by molar-refractivity contribution is 9.11. The highest BCUT2D eigenvalue weighted by Gasteiger charge is 2.01. The van der Waals surface area contributed by atoms with Gasteiger partial charge in [-0.3, -0.25) is 0 Å². The number of anilines is 2. The van der Waals surface area contributed by atoms with E-state index in [1.54, 1.807) is 17.5 Å². The second-order valence-electron chi connectivity index (χ2n) is 3.12. The van der Waals surface area contributed by atoms with Gasteiger partial charge in [-0.15, -0.1) is 11.3 Å². The Kier molecular flexibility index (Phi) is 3.87. The normalized spacial score (nSPS) is 10.4. The average molecular weight is 299 g/mol. The van der Waals surface area contributed by atoms with Crippen molar-refractivity contribution in [3.8, 4) is 0 Å². The number of hydrogen-bond donors (Lipinski definition) is 2. The molecule has 0 aliphatic rings. The molecule has 0 radical (unpaired) electrons. The number of hydrogen-bond acceptors (Lipinski definition) is 5. The number of halogens is 1. The van der Waals surface area contributed by atoms with Gasteiger partial charge < -0.3 is 10.6 Å². The second-order valence-corrected chi connectivity index (χ2v) is 5.58. The lowest BCUT2D eigenvalue weighted by molar-refractivity contribution is 0.759. The van der Waals surface area contributed by atoms with Crippen molar-refractivity contribution in [3.05, 3.63) is 34.0 Å². The van der Waals surface area contributed by atoms with E-state index in [0.717, 1.165) is 20.4 Å². The highest BCUT2D eigenvalue weighted by Crippen LogP contribution is 2.28. The molecule has 0 spiro atoms. The molecule has 2 heterocycles. The molecule has 0 bridgehead atoms. The standard InChI is InChI=1S/C10H11BrN4S/c1-12-6-9-13-5-4-8(14-9)15-10-3-2-7(11)16-10/h2-5,12H,6H2,1H3,(H,13,14,15). The van der Waals surface area contributed by atoms with Crippen LogP contribution in [0.15, 0.2) is 28.2 Å². The van der Waals surface area contributed by atoms with Crippen LogP contribution in [-0.4, -0.2) is 17.0 Å². The van der Waals surface area contributed by atoms with Crippen LogP contribution >= 0.6 is 27.3 Å². The molecule has 0 aromatic carbocycles. The molecule has 6 heteroatoms. The zero-order chi connectivity index (χ0) is 11.4. The van der Waals surface area contributed by atoms with Crippen molar-refractivity contribution >= 4 is 38.1 Å². The van der Waals surface area contributed by atoms with Crippen LogP contribution in [0, 0.1) is 0 Å². The van der Waals surface area contributed by atoms with Crippen LogP contribution in [0.2, 0.25) is 0 Å². The molecule has 84 valence electrons. The predicted octanol–water partition coefficient (Wildman–Crippen LogP) is 2.76. The first-order valence-electron chi connectivity index (χ1n) is 4.77. The highest BCUT2D eigenvalue weighted by atomic mass is 79.9. The van der Waals surface area contributed by atoms with Crippen molar-refractivity contribution in [2.24, 2.45) is 0 Å². The minimum absolute atomic E-state index is 0.670. The van der Waals surface area contributed by atoms with Gasteiger partial charge in [0, 0.05) is 6.20 Å². The predicted molar refractivity (Wildman–Crippen MR) is 70.1 cm³/mol. The number of nitrogens with one attached hydrogen (secondary N) is 2. The van der Waals surface area contributed by atoms with Gasteiger partial charge in [0.15, 0.2) is 0 Å². The van der Waals surface area contributed by atoms with E-state index in [9.17, 15) is 0 Å². The van der Waals surface area contributed by atoms with Gasteiger partial charge in [0.1, 0.15) is 11.6 Å². The first-order chi connectivity index (χ1) is 7.78. The molecule has 0 unspecified atom stereocenters. The summed E-state index contributed by atoms with van der Waals surface area (Å²) in [5.41, 5.74) is 0. The summed E-state index contributed by atoms with van der Waals surface area (Å²) in [7, 11) is 1.87. The maximum atomic E-state index is 4.37. The molecular formula is C10H11BrN4S. The minimum Gasteiger partial charge on any atom is -0.332 e. The monoisotopic (exact) mass is 298 g/mol. The fourth-order valence-electron chi connectivity index (χ4n) is 1.22. The van der Waals surface area contributed by atoms with Crippen LogP contribution in [0.25, 0.3) is 0 Å². The van der Waals surface area contributed by atoms with Gasteiger partial charge in [0.2, 0.25) is 0 Å². The smallest absolute Gasteiger partial charge is 0.144 e. The summed E-state index contributed by atoms with van der Waals surface area (Å²) in [6.45, 7) is 0.670. The SMILES string of the molecule is CNCc1nccc(Nc2ccc(Br)s2)n1. The van der Waals surface area contributed by atoms with E-state index >= 15 is 0 Å². The third-order valence-electron chi connectivity index (χ3n) is 1.86. The molecule has 0 saturated carbocycles. The van der Waals surface area contributed by atoms with E-state index in [0.29, 0.717) is 6.54 Å². The molecule has 0 aliphatic heterocycles. The molecule has 0 fully saturated rings. The summed E-state index contributed by atoms with van der Waals surface area (Å²) >= 11 is 5.05. The van der Waals surface area contributed by atoms with Crippen molar-refractivity contribution in [2.45, 2.75) is 6.54 Å². The van der Waals surface area contributed by atoms with Gasteiger partial charge in [-0.1, -0.05) is 0 Å². The first-order valence-corrected chi connectivity index (χ1v) is 6.38. The first kappa shape index (κ1) is 11.5. The van der Waals surface area contributed by atoms with Gasteiger partial charge in [-0.2, -0.15) is 0 Å². The fourth-order valence-corrected chi connectivity index (χ4v) is 2.51. The topological polar surface area (TPSA) is 49.8 Å². The molecule has 0 amide bonds. The maximum Gasteiger partial charge on any atom is 0.144 e. The molecule has 0 atom stereocenters. The lowest BCUT2D eigenvalue weighted by Gasteiger charge is -2.04. The van der Waals surface area contributed by atoms with E-state index in [-0.39, 0.29) is 0 Å². The molecule has 0 saturated heterocycles. The number of rotatable bonds is 4. The van der Waals surface area contributed by atoms with E-state index in [2.05, 4.69) is 36.5 Å². The van der Waals surface area contributed by atoms with Gasteiger partial charge in [0.25, 0.3) is 0 Å². The van der Waals surface area contributed by atoms with Gasteiger partial charge in [0.05, 0.1) is 15.3 Å². The Bertz CT molecular complexity index is 471. The van der Waals surface area contributed by atoms with E-state index < -0.39 is 0 Å². The van der Waals surface area contributed by atoms with Crippen molar-refractivity contribution in [3.63, 3.8) is 0 Å². The van der Waals surface area contributed by atoms with E-state index in [1.807, 2.05) is 25.2 Å². The van der Waals surface area contributed by atoms with Crippen molar-refractivity contribution in [2.75, 3.05) is 12.4 Å². The van der Waals surface area contributed by atoms with Crippen molar-refractivity contribution < 1.29 is 0 Å². The number of nitrogens with zero attached hydrogens (tertiary/aromatic N) is 2. The van der Waals surface area contributed by atoms with Gasteiger partial charge >= 0.3 is 0 Å². The molecule has 2 aromatic heterocycles. The second kappa shape index (κ2) is 5.38. The lowest BCUT2D eigenvalue weighted by atomic mass is 10.5. The van der Waals surface area contributed by atoms with Crippen LogP contribution in [0.3, 0.4) is 0 Å². The number of aromatic nitrogens is 2. The largest absolute Gasteiger partial charge is 0.332 e. The van der Waals surface area contributed by atoms with Crippen molar-refractivity contribution in [1.82, 2.24) is 15.3 Å².